The molecule has 4 aromatic rings. The van der Waals surface area contributed by atoms with Crippen molar-refractivity contribution in [2.45, 2.75) is 39.8 Å². The Bertz CT molecular complexity index is 1390. The molecule has 0 fully saturated rings. The average Bonchev–Trinajstić information content (AvgIpc) is 3.47. The van der Waals surface area contributed by atoms with Crippen LogP contribution in [0.25, 0.3) is 33.4 Å². The predicted octanol–water partition coefficient (Wildman–Crippen LogP) is 7.76. The van der Waals surface area contributed by atoms with Crippen LogP contribution >= 0.6 is 0 Å². The Kier molecular flexibility index (Phi) is 5.27. The van der Waals surface area contributed by atoms with Crippen molar-refractivity contribution in [2.75, 3.05) is 0 Å². The summed E-state index contributed by atoms with van der Waals surface area (Å²) >= 11 is 0. The van der Waals surface area contributed by atoms with Crippen LogP contribution in [0, 0.1) is 0 Å². The normalized spacial score (nSPS) is 14.4. The van der Waals surface area contributed by atoms with E-state index in [1.165, 1.54) is 44.5 Å². The number of benzene rings is 4. The molecule has 0 amide bonds. The van der Waals surface area contributed by atoms with Crippen molar-refractivity contribution in [1.29, 1.82) is 0 Å². The summed E-state index contributed by atoms with van der Waals surface area (Å²) in [6, 6.07) is 31.5. The minimum absolute atomic E-state index is 1.05. The highest BCUT2D eigenvalue weighted by Crippen LogP contribution is 2.38. The topological polar surface area (TPSA) is 0 Å². The van der Waals surface area contributed by atoms with Crippen LogP contribution in [0.4, 0.5) is 0 Å². The lowest BCUT2D eigenvalue weighted by atomic mass is 9.94. The first kappa shape index (κ1) is 22.1. The maximum atomic E-state index is 2.56. The average molecular weight is 469 g/mol. The maximum absolute atomic E-state index is 2.56. The highest BCUT2D eigenvalue weighted by Gasteiger charge is 2.35. The van der Waals surface area contributed by atoms with Gasteiger partial charge in [0.2, 0.25) is 0 Å². The molecule has 0 radical (unpaired) electrons. The fourth-order valence-corrected chi connectivity index (χ4v) is 9.62. The third-order valence-electron chi connectivity index (χ3n) is 8.16. The second-order valence-corrected chi connectivity index (χ2v) is 14.9. The molecule has 0 saturated heterocycles. The minimum atomic E-state index is -1.94. The lowest BCUT2D eigenvalue weighted by Crippen LogP contribution is -2.55. The van der Waals surface area contributed by atoms with Crippen molar-refractivity contribution >= 4 is 29.6 Å². The number of hydrogen-bond donors (Lipinski definition) is 0. The minimum Gasteiger partial charge on any atom is -0.0765 e. The second-order valence-electron chi connectivity index (χ2n) is 10.6. The van der Waals surface area contributed by atoms with E-state index in [4.69, 9.17) is 0 Å². The van der Waals surface area contributed by atoms with Gasteiger partial charge in [-0.3, -0.25) is 0 Å². The zero-order chi connectivity index (χ0) is 24.2. The van der Waals surface area contributed by atoms with Crippen LogP contribution < -0.4 is 10.4 Å². The van der Waals surface area contributed by atoms with Crippen LogP contribution in [-0.2, 0) is 12.8 Å². The second kappa shape index (κ2) is 8.36. The zero-order valence-corrected chi connectivity index (χ0v) is 22.2. The molecule has 0 spiro atoms. The van der Waals surface area contributed by atoms with Crippen LogP contribution in [0.3, 0.4) is 0 Å². The molecule has 1 heteroatoms. The van der Waals surface area contributed by atoms with Crippen molar-refractivity contribution < 1.29 is 0 Å². The van der Waals surface area contributed by atoms with E-state index in [9.17, 15) is 0 Å². The molecule has 35 heavy (non-hydrogen) atoms. The highest BCUT2D eigenvalue weighted by molar-refractivity contribution is 7.01. The van der Waals surface area contributed by atoms with Gasteiger partial charge in [0.25, 0.3) is 0 Å². The fraction of sp³-hybridized carbons (Fsp3) is 0.176. The molecule has 0 bridgehead atoms. The SMILES string of the molecule is CC1=CCc2c([Si](C)(C)c3ccc(-c4ccccc4)c4c3CC=C4C)ccc(-c3ccccc3)c21. The lowest BCUT2D eigenvalue weighted by molar-refractivity contribution is 1.31. The Morgan fingerprint density at radius 3 is 1.31 bits per heavy atom. The third kappa shape index (κ3) is 3.49. The molecule has 0 atom stereocenters. The van der Waals surface area contributed by atoms with E-state index in [0.717, 1.165) is 12.8 Å². The van der Waals surface area contributed by atoms with E-state index in [1.807, 2.05) is 0 Å². The van der Waals surface area contributed by atoms with Gasteiger partial charge in [0, 0.05) is 0 Å². The summed E-state index contributed by atoms with van der Waals surface area (Å²) < 4.78 is 0. The Labute approximate surface area is 210 Å². The van der Waals surface area contributed by atoms with Crippen LogP contribution in [0.15, 0.2) is 97.1 Å². The first-order chi connectivity index (χ1) is 17.0. The van der Waals surface area contributed by atoms with Crippen molar-refractivity contribution in [3.05, 3.63) is 119 Å². The molecule has 172 valence electrons. The molecule has 0 aliphatic heterocycles. The summed E-state index contributed by atoms with van der Waals surface area (Å²) in [6.07, 6.45) is 6.96. The van der Waals surface area contributed by atoms with Crippen molar-refractivity contribution in [3.8, 4) is 22.3 Å². The number of fused-ring (bicyclic) bond motifs is 2. The molecule has 0 saturated carbocycles. The molecule has 4 aromatic carbocycles. The zero-order valence-electron chi connectivity index (χ0n) is 21.2. The van der Waals surface area contributed by atoms with Crippen LogP contribution in [0.5, 0.6) is 0 Å². The number of allylic oxidation sites excluding steroid dienone is 4. The quantitative estimate of drug-likeness (QED) is 0.268. The van der Waals surface area contributed by atoms with Gasteiger partial charge in [-0.15, -0.1) is 0 Å². The van der Waals surface area contributed by atoms with Gasteiger partial charge in [-0.2, -0.15) is 0 Å². The van der Waals surface area contributed by atoms with Gasteiger partial charge in [0.05, 0.1) is 0 Å². The van der Waals surface area contributed by atoms with Gasteiger partial charge in [0.1, 0.15) is 8.07 Å². The molecule has 2 aliphatic rings. The summed E-state index contributed by atoms with van der Waals surface area (Å²) in [6.45, 7) is 9.69. The molecular formula is C34H32Si. The van der Waals surface area contributed by atoms with Crippen LogP contribution in [-0.4, -0.2) is 8.07 Å². The Morgan fingerprint density at radius 1 is 0.514 bits per heavy atom. The lowest BCUT2D eigenvalue weighted by Gasteiger charge is -2.30. The van der Waals surface area contributed by atoms with Gasteiger partial charge in [-0.05, 0) is 82.3 Å². The van der Waals surface area contributed by atoms with E-state index in [1.54, 1.807) is 21.5 Å². The largest absolute Gasteiger partial charge is 0.113 e. The molecule has 6 rings (SSSR count). The molecule has 0 nitrogen and oxygen atoms in total. The summed E-state index contributed by atoms with van der Waals surface area (Å²) in [5, 5.41) is 3.19. The van der Waals surface area contributed by atoms with E-state index >= 15 is 0 Å². The summed E-state index contributed by atoms with van der Waals surface area (Å²) in [7, 11) is -1.94. The van der Waals surface area contributed by atoms with Crippen molar-refractivity contribution in [3.63, 3.8) is 0 Å². The summed E-state index contributed by atoms with van der Waals surface area (Å²) in [5.74, 6) is 0. The monoisotopic (exact) mass is 468 g/mol. The van der Waals surface area contributed by atoms with E-state index in [-0.39, 0.29) is 0 Å². The van der Waals surface area contributed by atoms with Gasteiger partial charge in [-0.1, -0.05) is 121 Å². The predicted molar refractivity (Wildman–Crippen MR) is 155 cm³/mol. The Balaban J connectivity index is 1.52. The first-order valence-electron chi connectivity index (χ1n) is 12.7. The maximum Gasteiger partial charge on any atom is 0.113 e. The smallest absolute Gasteiger partial charge is 0.0765 e. The van der Waals surface area contributed by atoms with Gasteiger partial charge >= 0.3 is 0 Å². The van der Waals surface area contributed by atoms with E-state index < -0.39 is 8.07 Å². The molecule has 0 unspecified atom stereocenters. The Morgan fingerprint density at radius 2 is 0.914 bits per heavy atom. The standard InChI is InChI=1S/C34H32Si/c1-23-15-17-29-31(21-19-27(33(23)29)25-11-7-5-8-12-25)35(3,4)32-22-20-28(26-13-9-6-10-14-26)34-24(2)16-18-30(32)34/h5-16,19-22H,17-18H2,1-4H3. The Hall–Kier alpha value is -3.42. The molecular weight excluding hydrogens is 436 g/mol. The summed E-state index contributed by atoms with van der Waals surface area (Å²) in [4.78, 5) is 0. The van der Waals surface area contributed by atoms with E-state index in [0.29, 0.717) is 0 Å². The van der Waals surface area contributed by atoms with Crippen molar-refractivity contribution in [1.82, 2.24) is 0 Å². The van der Waals surface area contributed by atoms with Crippen LogP contribution in [0.2, 0.25) is 13.1 Å². The fourth-order valence-electron chi connectivity index (χ4n) is 6.37. The number of rotatable bonds is 4. The molecule has 0 N–H and O–H groups in total. The van der Waals surface area contributed by atoms with Crippen LogP contribution in [0.1, 0.15) is 36.1 Å². The molecule has 0 aromatic heterocycles. The van der Waals surface area contributed by atoms with Gasteiger partial charge in [-0.25, -0.2) is 0 Å². The molecule has 0 heterocycles. The van der Waals surface area contributed by atoms with Gasteiger partial charge < -0.3 is 0 Å². The summed E-state index contributed by atoms with van der Waals surface area (Å²) in [5.41, 5.74) is 14.3. The third-order valence-corrected chi connectivity index (χ3v) is 11.8. The number of hydrogen-bond acceptors (Lipinski definition) is 0. The van der Waals surface area contributed by atoms with E-state index in [2.05, 4.69) is 124 Å². The van der Waals surface area contributed by atoms with Crippen molar-refractivity contribution in [2.24, 2.45) is 0 Å². The molecule has 2 aliphatic carbocycles. The first-order valence-corrected chi connectivity index (χ1v) is 15.7. The highest BCUT2D eigenvalue weighted by atomic mass is 28.3. The van der Waals surface area contributed by atoms with Gasteiger partial charge in [0.15, 0.2) is 0 Å².